The maximum atomic E-state index is 10.4. The number of nitrogens with zero attached hydrogens (tertiary/aromatic N) is 4. The van der Waals surface area contributed by atoms with Gasteiger partial charge in [-0.3, -0.25) is 4.57 Å². The molecule has 0 fully saturated rings. The minimum Gasteiger partial charge on any atom is -0.496 e. The number of fused-ring (bicyclic) bond motifs is 1. The second kappa shape index (κ2) is 7.70. The molecule has 2 aromatic heterocycles. The van der Waals surface area contributed by atoms with Gasteiger partial charge in [0.25, 0.3) is 0 Å². The molecule has 1 aliphatic heterocycles. The van der Waals surface area contributed by atoms with Gasteiger partial charge < -0.3 is 14.7 Å². The summed E-state index contributed by atoms with van der Waals surface area (Å²) >= 11 is 1.70. The van der Waals surface area contributed by atoms with Gasteiger partial charge in [0.15, 0.2) is 5.82 Å². The lowest BCUT2D eigenvalue weighted by Gasteiger charge is -2.31. The molecule has 0 bridgehead atoms. The van der Waals surface area contributed by atoms with E-state index >= 15 is 0 Å². The lowest BCUT2D eigenvalue weighted by molar-refractivity contribution is 0.159. The van der Waals surface area contributed by atoms with E-state index in [-0.39, 0.29) is 0 Å². The average molecular weight is 385 g/mol. The summed E-state index contributed by atoms with van der Waals surface area (Å²) in [7, 11) is 1.71. The molecule has 1 atom stereocenters. The monoisotopic (exact) mass is 384 g/mol. The fourth-order valence-corrected chi connectivity index (χ4v) is 4.28. The zero-order valence-electron chi connectivity index (χ0n) is 15.6. The standard InChI is InChI=1S/C20H24N4O2S/c1-3-17(25)19-21-22-20(24(19)12-15-7-5-11-27-15)23-10-9-14-6-4-8-18(26-2)16(14)13-23/h4-8,11,17,25H,3,9-10,12-13H2,1-2H3/t17-/m0/s1. The number of hydrogen-bond acceptors (Lipinski definition) is 6. The van der Waals surface area contributed by atoms with E-state index in [0.29, 0.717) is 18.8 Å². The number of thiophene rings is 1. The Hall–Kier alpha value is -2.38. The Bertz CT molecular complexity index is 893. The van der Waals surface area contributed by atoms with Crippen LogP contribution in [0.1, 0.15) is 41.3 Å². The number of benzene rings is 1. The third-order valence-corrected chi connectivity index (χ3v) is 5.93. The summed E-state index contributed by atoms with van der Waals surface area (Å²) in [6.07, 6.45) is 0.932. The van der Waals surface area contributed by atoms with E-state index in [1.54, 1.807) is 18.4 Å². The summed E-state index contributed by atoms with van der Waals surface area (Å²) < 4.78 is 7.62. The van der Waals surface area contributed by atoms with Crippen molar-refractivity contribution in [2.24, 2.45) is 0 Å². The highest BCUT2D eigenvalue weighted by atomic mass is 32.1. The first kappa shape index (κ1) is 18.0. The van der Waals surface area contributed by atoms with Crippen molar-refractivity contribution in [2.45, 2.75) is 39.0 Å². The number of hydrogen-bond donors (Lipinski definition) is 1. The van der Waals surface area contributed by atoms with Gasteiger partial charge in [0.1, 0.15) is 11.9 Å². The summed E-state index contributed by atoms with van der Waals surface area (Å²) in [6.45, 7) is 4.22. The maximum Gasteiger partial charge on any atom is 0.227 e. The summed E-state index contributed by atoms with van der Waals surface area (Å²) in [5.41, 5.74) is 2.53. The molecule has 4 rings (SSSR count). The van der Waals surface area contributed by atoms with Crippen molar-refractivity contribution < 1.29 is 9.84 Å². The molecular formula is C20H24N4O2S. The summed E-state index contributed by atoms with van der Waals surface area (Å²) in [6, 6.07) is 10.4. The van der Waals surface area contributed by atoms with Crippen molar-refractivity contribution >= 4 is 17.3 Å². The van der Waals surface area contributed by atoms with Crippen LogP contribution in [0.5, 0.6) is 5.75 Å². The lowest BCUT2D eigenvalue weighted by Crippen LogP contribution is -2.33. The van der Waals surface area contributed by atoms with Gasteiger partial charge in [-0.1, -0.05) is 25.1 Å². The molecule has 0 spiro atoms. The van der Waals surface area contributed by atoms with E-state index in [1.807, 2.05) is 25.1 Å². The molecule has 3 aromatic rings. The Labute approximate surface area is 163 Å². The number of aromatic nitrogens is 3. The van der Waals surface area contributed by atoms with E-state index in [1.165, 1.54) is 16.0 Å². The van der Waals surface area contributed by atoms with E-state index in [2.05, 4.69) is 37.2 Å². The first-order valence-electron chi connectivity index (χ1n) is 9.24. The first-order valence-corrected chi connectivity index (χ1v) is 10.1. The molecule has 0 amide bonds. The summed E-state index contributed by atoms with van der Waals surface area (Å²) in [4.78, 5) is 3.45. The van der Waals surface area contributed by atoms with Gasteiger partial charge >= 0.3 is 0 Å². The van der Waals surface area contributed by atoms with E-state index < -0.39 is 6.10 Å². The summed E-state index contributed by atoms with van der Waals surface area (Å²) in [5.74, 6) is 2.35. The van der Waals surface area contributed by atoms with Gasteiger partial charge in [-0.05, 0) is 35.9 Å². The number of anilines is 1. The molecule has 1 N–H and O–H groups in total. The second-order valence-electron chi connectivity index (χ2n) is 6.72. The number of ether oxygens (including phenoxy) is 1. The largest absolute Gasteiger partial charge is 0.496 e. The van der Waals surface area contributed by atoms with E-state index in [0.717, 1.165) is 31.2 Å². The molecule has 0 saturated heterocycles. The molecule has 7 heteroatoms. The lowest BCUT2D eigenvalue weighted by atomic mass is 9.99. The molecule has 6 nitrogen and oxygen atoms in total. The third-order valence-electron chi connectivity index (χ3n) is 5.07. The van der Waals surface area contributed by atoms with Gasteiger partial charge in [-0.15, -0.1) is 21.5 Å². The Morgan fingerprint density at radius 1 is 1.26 bits per heavy atom. The van der Waals surface area contributed by atoms with Crippen LogP contribution in [0.4, 0.5) is 5.95 Å². The van der Waals surface area contributed by atoms with Gasteiger partial charge in [-0.25, -0.2) is 0 Å². The zero-order chi connectivity index (χ0) is 18.8. The van der Waals surface area contributed by atoms with Crippen molar-refractivity contribution in [1.29, 1.82) is 0 Å². The van der Waals surface area contributed by atoms with E-state index in [9.17, 15) is 5.11 Å². The minimum atomic E-state index is -0.613. The molecular weight excluding hydrogens is 360 g/mol. The third kappa shape index (κ3) is 3.44. The van der Waals surface area contributed by atoms with Crippen molar-refractivity contribution in [3.05, 3.63) is 57.5 Å². The topological polar surface area (TPSA) is 63.4 Å². The molecule has 0 saturated carbocycles. The van der Waals surface area contributed by atoms with Crippen LogP contribution in [0.15, 0.2) is 35.7 Å². The summed E-state index contributed by atoms with van der Waals surface area (Å²) in [5, 5.41) is 21.3. The molecule has 0 unspecified atom stereocenters. The highest BCUT2D eigenvalue weighted by Gasteiger charge is 2.26. The quantitative estimate of drug-likeness (QED) is 0.706. The Balaban J connectivity index is 1.70. The Morgan fingerprint density at radius 3 is 2.89 bits per heavy atom. The van der Waals surface area contributed by atoms with Gasteiger partial charge in [0.05, 0.1) is 13.7 Å². The van der Waals surface area contributed by atoms with Gasteiger partial charge in [0.2, 0.25) is 5.95 Å². The average Bonchev–Trinajstić information content (AvgIpc) is 3.37. The minimum absolute atomic E-state index is 0.610. The maximum absolute atomic E-state index is 10.4. The van der Waals surface area contributed by atoms with Crippen LogP contribution in [0.3, 0.4) is 0 Å². The van der Waals surface area contributed by atoms with Crippen LogP contribution in [0, 0.1) is 0 Å². The SMILES string of the molecule is CC[C@H](O)c1nnc(N2CCc3cccc(OC)c3C2)n1Cc1cccs1. The molecule has 1 aliphatic rings. The van der Waals surface area contributed by atoms with Crippen molar-refractivity contribution in [2.75, 3.05) is 18.6 Å². The Kier molecular flexibility index (Phi) is 5.13. The highest BCUT2D eigenvalue weighted by Crippen LogP contribution is 2.31. The van der Waals surface area contributed by atoms with Crippen molar-refractivity contribution in [3.8, 4) is 5.75 Å². The zero-order valence-corrected chi connectivity index (χ0v) is 16.4. The number of aliphatic hydroxyl groups is 1. The Morgan fingerprint density at radius 2 is 2.15 bits per heavy atom. The predicted octanol–water partition coefficient (Wildman–Crippen LogP) is 3.40. The molecule has 27 heavy (non-hydrogen) atoms. The molecule has 142 valence electrons. The van der Waals surface area contributed by atoms with Gasteiger partial charge in [-0.2, -0.15) is 0 Å². The number of aliphatic hydroxyl groups excluding tert-OH is 1. The fourth-order valence-electron chi connectivity index (χ4n) is 3.59. The number of methoxy groups -OCH3 is 1. The number of rotatable bonds is 6. The van der Waals surface area contributed by atoms with Crippen LogP contribution in [-0.4, -0.2) is 33.5 Å². The normalized spacial score (nSPS) is 14.9. The van der Waals surface area contributed by atoms with Crippen LogP contribution >= 0.6 is 11.3 Å². The van der Waals surface area contributed by atoms with E-state index in [4.69, 9.17) is 4.74 Å². The van der Waals surface area contributed by atoms with Crippen LogP contribution in [-0.2, 0) is 19.5 Å². The molecule has 3 heterocycles. The van der Waals surface area contributed by atoms with Crippen LogP contribution in [0.25, 0.3) is 0 Å². The molecule has 0 aliphatic carbocycles. The molecule has 1 aromatic carbocycles. The van der Waals surface area contributed by atoms with Crippen LogP contribution in [0.2, 0.25) is 0 Å². The molecule has 0 radical (unpaired) electrons. The first-order chi connectivity index (χ1) is 13.2. The predicted molar refractivity (Wildman–Crippen MR) is 106 cm³/mol. The fraction of sp³-hybridized carbons (Fsp3) is 0.400. The highest BCUT2D eigenvalue weighted by molar-refractivity contribution is 7.09. The van der Waals surface area contributed by atoms with Gasteiger partial charge in [0, 0.05) is 23.5 Å². The van der Waals surface area contributed by atoms with Crippen molar-refractivity contribution in [1.82, 2.24) is 14.8 Å². The van der Waals surface area contributed by atoms with Crippen LogP contribution < -0.4 is 9.64 Å². The van der Waals surface area contributed by atoms with Crippen molar-refractivity contribution in [3.63, 3.8) is 0 Å². The second-order valence-corrected chi connectivity index (χ2v) is 7.75. The smallest absolute Gasteiger partial charge is 0.227 e.